The van der Waals surface area contributed by atoms with Gasteiger partial charge >= 0.3 is 0 Å². The second kappa shape index (κ2) is 9.49. The molecule has 0 unspecified atom stereocenters. The highest BCUT2D eigenvalue weighted by Crippen LogP contribution is 2.20. The fraction of sp³-hybridized carbons (Fsp3) is 0.269. The molecule has 3 aromatic carbocycles. The molecule has 4 aromatic rings. The van der Waals surface area contributed by atoms with Gasteiger partial charge in [0.2, 0.25) is 0 Å². The van der Waals surface area contributed by atoms with Crippen LogP contribution in [-0.2, 0) is 26.0 Å². The Bertz CT molecular complexity index is 1080. The summed E-state index contributed by atoms with van der Waals surface area (Å²) in [6.45, 7) is 6.01. The number of para-hydroxylation sites is 2. The molecule has 0 N–H and O–H groups in total. The standard InChI is InChI=1S/C26H28N2O2/c1-3-20-9-13-22(14-10-20)29-18-17-28-25-8-6-5-7-24(25)27-26(28)19-30-23-15-11-21(4-2)12-16-23/h5-16H,3-4,17-19H2,1-2H3. The van der Waals surface area contributed by atoms with Gasteiger partial charge in [-0.1, -0.05) is 50.2 Å². The van der Waals surface area contributed by atoms with Crippen LogP contribution in [0, 0.1) is 0 Å². The van der Waals surface area contributed by atoms with Gasteiger partial charge in [0.1, 0.15) is 30.5 Å². The molecule has 0 aliphatic carbocycles. The van der Waals surface area contributed by atoms with E-state index in [1.54, 1.807) is 0 Å². The first kappa shape index (κ1) is 20.0. The van der Waals surface area contributed by atoms with Gasteiger partial charge in [-0.2, -0.15) is 0 Å². The van der Waals surface area contributed by atoms with Crippen LogP contribution in [0.15, 0.2) is 72.8 Å². The van der Waals surface area contributed by atoms with Crippen molar-refractivity contribution in [1.82, 2.24) is 9.55 Å². The molecule has 0 bridgehead atoms. The van der Waals surface area contributed by atoms with Gasteiger partial charge in [0.25, 0.3) is 0 Å². The third kappa shape index (κ3) is 4.65. The lowest BCUT2D eigenvalue weighted by Crippen LogP contribution is -2.13. The van der Waals surface area contributed by atoms with E-state index in [9.17, 15) is 0 Å². The topological polar surface area (TPSA) is 36.3 Å². The average molecular weight is 401 g/mol. The van der Waals surface area contributed by atoms with Crippen molar-refractivity contribution in [1.29, 1.82) is 0 Å². The van der Waals surface area contributed by atoms with Crippen LogP contribution < -0.4 is 9.47 Å². The summed E-state index contributed by atoms with van der Waals surface area (Å²) in [6, 6.07) is 24.8. The van der Waals surface area contributed by atoms with Crippen LogP contribution in [0.25, 0.3) is 11.0 Å². The predicted molar refractivity (Wildman–Crippen MR) is 121 cm³/mol. The Hall–Kier alpha value is -3.27. The molecular weight excluding hydrogens is 372 g/mol. The molecule has 0 spiro atoms. The fourth-order valence-electron chi connectivity index (χ4n) is 3.53. The van der Waals surface area contributed by atoms with Crippen molar-refractivity contribution in [3.8, 4) is 11.5 Å². The van der Waals surface area contributed by atoms with Gasteiger partial charge in [-0.05, 0) is 60.4 Å². The Morgan fingerprint density at radius 3 is 1.97 bits per heavy atom. The van der Waals surface area contributed by atoms with Gasteiger partial charge in [0, 0.05) is 0 Å². The zero-order valence-corrected chi connectivity index (χ0v) is 17.7. The number of imidazole rings is 1. The number of benzene rings is 3. The fourth-order valence-corrected chi connectivity index (χ4v) is 3.53. The summed E-state index contributed by atoms with van der Waals surface area (Å²) in [6.07, 6.45) is 2.06. The molecule has 1 heterocycles. The van der Waals surface area contributed by atoms with E-state index in [1.807, 2.05) is 42.5 Å². The van der Waals surface area contributed by atoms with Crippen molar-refractivity contribution < 1.29 is 9.47 Å². The minimum atomic E-state index is 0.422. The quantitative estimate of drug-likeness (QED) is 0.355. The normalized spacial score (nSPS) is 11.0. The molecule has 0 fully saturated rings. The van der Waals surface area contributed by atoms with E-state index in [0.717, 1.165) is 41.2 Å². The molecule has 1 aromatic heterocycles. The Morgan fingerprint density at radius 1 is 0.733 bits per heavy atom. The van der Waals surface area contributed by atoms with Crippen molar-refractivity contribution in [2.75, 3.05) is 6.61 Å². The highest BCUT2D eigenvalue weighted by molar-refractivity contribution is 5.75. The zero-order chi connectivity index (χ0) is 20.8. The van der Waals surface area contributed by atoms with Crippen molar-refractivity contribution in [2.45, 2.75) is 39.8 Å². The van der Waals surface area contributed by atoms with E-state index in [4.69, 9.17) is 14.5 Å². The first-order valence-corrected chi connectivity index (χ1v) is 10.6. The van der Waals surface area contributed by atoms with Gasteiger partial charge in [-0.15, -0.1) is 0 Å². The molecule has 0 saturated heterocycles. The van der Waals surface area contributed by atoms with Crippen LogP contribution in [0.1, 0.15) is 30.8 Å². The molecule has 4 rings (SSSR count). The van der Waals surface area contributed by atoms with Crippen LogP contribution >= 0.6 is 0 Å². The number of hydrogen-bond donors (Lipinski definition) is 0. The number of ether oxygens (including phenoxy) is 2. The minimum Gasteiger partial charge on any atom is -0.492 e. The molecule has 4 heteroatoms. The van der Waals surface area contributed by atoms with Crippen molar-refractivity contribution >= 4 is 11.0 Å². The second-order valence-corrected chi connectivity index (χ2v) is 7.30. The van der Waals surface area contributed by atoms with Crippen LogP contribution in [0.4, 0.5) is 0 Å². The summed E-state index contributed by atoms with van der Waals surface area (Å²) in [5.41, 5.74) is 4.69. The van der Waals surface area contributed by atoms with Crippen LogP contribution in [0.2, 0.25) is 0 Å². The third-order valence-corrected chi connectivity index (χ3v) is 5.35. The molecule has 30 heavy (non-hydrogen) atoms. The van der Waals surface area contributed by atoms with E-state index in [2.05, 4.69) is 48.7 Å². The molecular formula is C26H28N2O2. The summed E-state index contributed by atoms with van der Waals surface area (Å²) in [5.74, 6) is 2.66. The number of aromatic nitrogens is 2. The molecule has 154 valence electrons. The smallest absolute Gasteiger partial charge is 0.148 e. The lowest BCUT2D eigenvalue weighted by molar-refractivity contribution is 0.272. The zero-order valence-electron chi connectivity index (χ0n) is 17.7. The van der Waals surface area contributed by atoms with E-state index in [0.29, 0.717) is 19.8 Å². The first-order chi connectivity index (χ1) is 14.8. The lowest BCUT2D eigenvalue weighted by Gasteiger charge is -2.12. The number of aryl methyl sites for hydroxylation is 2. The largest absolute Gasteiger partial charge is 0.492 e. The van der Waals surface area contributed by atoms with Crippen LogP contribution in [-0.4, -0.2) is 16.2 Å². The van der Waals surface area contributed by atoms with Gasteiger partial charge in [0.05, 0.1) is 17.6 Å². The SMILES string of the molecule is CCc1ccc(OCCn2c(COc3ccc(CC)cc3)nc3ccccc32)cc1. The molecule has 0 radical (unpaired) electrons. The maximum atomic E-state index is 6.03. The van der Waals surface area contributed by atoms with Crippen LogP contribution in [0.3, 0.4) is 0 Å². The van der Waals surface area contributed by atoms with Gasteiger partial charge in [0.15, 0.2) is 0 Å². The van der Waals surface area contributed by atoms with Crippen molar-refractivity contribution in [3.63, 3.8) is 0 Å². The van der Waals surface area contributed by atoms with Crippen molar-refractivity contribution in [2.24, 2.45) is 0 Å². The average Bonchev–Trinajstić information content (AvgIpc) is 3.16. The van der Waals surface area contributed by atoms with E-state index in [-0.39, 0.29) is 0 Å². The number of rotatable bonds is 9. The summed E-state index contributed by atoms with van der Waals surface area (Å²) in [5, 5.41) is 0. The summed E-state index contributed by atoms with van der Waals surface area (Å²) >= 11 is 0. The minimum absolute atomic E-state index is 0.422. The van der Waals surface area contributed by atoms with E-state index >= 15 is 0 Å². The molecule has 4 nitrogen and oxygen atoms in total. The highest BCUT2D eigenvalue weighted by atomic mass is 16.5. The summed E-state index contributed by atoms with van der Waals surface area (Å²) in [7, 11) is 0. The molecule has 0 aliphatic heterocycles. The maximum Gasteiger partial charge on any atom is 0.148 e. The van der Waals surface area contributed by atoms with Gasteiger partial charge in [-0.25, -0.2) is 4.98 Å². The van der Waals surface area contributed by atoms with Gasteiger partial charge in [-0.3, -0.25) is 0 Å². The number of fused-ring (bicyclic) bond motifs is 1. The summed E-state index contributed by atoms with van der Waals surface area (Å²) < 4.78 is 14.2. The predicted octanol–water partition coefficient (Wildman–Crippen LogP) is 5.82. The van der Waals surface area contributed by atoms with Crippen LogP contribution in [0.5, 0.6) is 11.5 Å². The number of hydrogen-bond acceptors (Lipinski definition) is 3. The van der Waals surface area contributed by atoms with Gasteiger partial charge < -0.3 is 14.0 Å². The monoisotopic (exact) mass is 400 g/mol. The Morgan fingerprint density at radius 2 is 1.33 bits per heavy atom. The molecule has 0 amide bonds. The Labute approximate surface area is 178 Å². The highest BCUT2D eigenvalue weighted by Gasteiger charge is 2.11. The molecule has 0 aliphatic rings. The second-order valence-electron chi connectivity index (χ2n) is 7.30. The van der Waals surface area contributed by atoms with E-state index < -0.39 is 0 Å². The third-order valence-electron chi connectivity index (χ3n) is 5.35. The summed E-state index contributed by atoms with van der Waals surface area (Å²) in [4.78, 5) is 4.79. The molecule has 0 atom stereocenters. The Kier molecular flexibility index (Phi) is 6.33. The lowest BCUT2D eigenvalue weighted by atomic mass is 10.2. The maximum absolute atomic E-state index is 6.03. The van der Waals surface area contributed by atoms with E-state index in [1.165, 1.54) is 11.1 Å². The molecule has 0 saturated carbocycles. The van der Waals surface area contributed by atoms with Crippen molar-refractivity contribution in [3.05, 3.63) is 89.7 Å². The first-order valence-electron chi connectivity index (χ1n) is 10.6. The Balaban J connectivity index is 1.46. The number of nitrogens with zero attached hydrogens (tertiary/aromatic N) is 2.